The second-order valence-corrected chi connectivity index (χ2v) is 12.6. The molecule has 230 valence electrons. The first kappa shape index (κ1) is 29.2. The molecule has 1 aliphatic rings. The molecule has 5 nitrogen and oxygen atoms in total. The molecule has 0 aliphatic heterocycles. The van der Waals surface area contributed by atoms with Crippen LogP contribution in [-0.2, 0) is 5.41 Å². The maximum absolute atomic E-state index is 7.77. The number of fused-ring (bicyclic) bond motifs is 3. The summed E-state index contributed by atoms with van der Waals surface area (Å²) >= 11 is 0. The maximum atomic E-state index is 7.77. The lowest BCUT2D eigenvalue weighted by Gasteiger charge is -2.22. The first-order valence-electron chi connectivity index (χ1n) is 16.1. The largest absolute Gasteiger partial charge is 0.355 e. The number of rotatable bonds is 7. The lowest BCUT2D eigenvalue weighted by molar-refractivity contribution is 0.661. The van der Waals surface area contributed by atoms with Crippen LogP contribution in [0.15, 0.2) is 146 Å². The van der Waals surface area contributed by atoms with Crippen molar-refractivity contribution in [3.05, 3.63) is 162 Å². The minimum absolute atomic E-state index is 0.229. The molecule has 8 rings (SSSR count). The molecular weight excluding hydrogens is 587 g/mol. The van der Waals surface area contributed by atoms with E-state index in [4.69, 9.17) is 20.4 Å². The molecule has 5 heteroatoms. The van der Waals surface area contributed by atoms with Crippen LogP contribution in [0.3, 0.4) is 0 Å². The zero-order valence-corrected chi connectivity index (χ0v) is 26.8. The van der Waals surface area contributed by atoms with Crippen LogP contribution in [0, 0.1) is 5.41 Å². The number of hydrogen-bond donors (Lipinski definition) is 2. The van der Waals surface area contributed by atoms with Gasteiger partial charge in [-0.3, -0.25) is 0 Å². The topological polar surface area (TPSA) is 74.6 Å². The number of nitrogens with one attached hydrogen (secondary N) is 2. The smallest absolute Gasteiger partial charge is 0.164 e. The summed E-state index contributed by atoms with van der Waals surface area (Å²) in [5.74, 6) is 1.97. The third-order valence-corrected chi connectivity index (χ3v) is 9.22. The van der Waals surface area contributed by atoms with Crippen LogP contribution in [0.2, 0.25) is 0 Å². The molecule has 2 N–H and O–H groups in total. The summed E-state index contributed by atoms with van der Waals surface area (Å²) in [6.07, 6.45) is 1.38. The Morgan fingerprint density at radius 2 is 1.00 bits per heavy atom. The molecule has 0 saturated carbocycles. The van der Waals surface area contributed by atoms with Gasteiger partial charge in [-0.05, 0) is 63.7 Å². The summed E-state index contributed by atoms with van der Waals surface area (Å²) in [6.45, 7) is 4.60. The molecule has 0 unspecified atom stereocenters. The van der Waals surface area contributed by atoms with Gasteiger partial charge in [0.25, 0.3) is 0 Å². The summed E-state index contributed by atoms with van der Waals surface area (Å²) in [5, 5.41) is 11.3. The van der Waals surface area contributed by atoms with Crippen molar-refractivity contribution in [2.75, 3.05) is 5.32 Å². The molecule has 0 atom stereocenters. The van der Waals surface area contributed by atoms with Gasteiger partial charge >= 0.3 is 0 Å². The fourth-order valence-electron chi connectivity index (χ4n) is 6.66. The Balaban J connectivity index is 1.16. The van der Waals surface area contributed by atoms with Gasteiger partial charge in [0, 0.05) is 45.3 Å². The van der Waals surface area contributed by atoms with Crippen molar-refractivity contribution >= 4 is 17.6 Å². The monoisotopic (exact) mass is 619 g/mol. The van der Waals surface area contributed by atoms with E-state index in [0.717, 1.165) is 44.8 Å². The van der Waals surface area contributed by atoms with Gasteiger partial charge in [-0.15, -0.1) is 0 Å². The van der Waals surface area contributed by atoms with Crippen LogP contribution in [0.4, 0.5) is 11.4 Å². The van der Waals surface area contributed by atoms with Gasteiger partial charge in [0.1, 0.15) is 0 Å². The normalized spacial score (nSPS) is 12.6. The van der Waals surface area contributed by atoms with Crippen LogP contribution < -0.4 is 5.32 Å². The highest BCUT2D eigenvalue weighted by Gasteiger charge is 2.36. The summed E-state index contributed by atoms with van der Waals surface area (Å²) in [7, 11) is 0. The van der Waals surface area contributed by atoms with E-state index in [2.05, 4.69) is 79.8 Å². The van der Waals surface area contributed by atoms with Crippen LogP contribution >= 0.6 is 0 Å². The van der Waals surface area contributed by atoms with Crippen molar-refractivity contribution in [3.8, 4) is 56.4 Å². The highest BCUT2D eigenvalue weighted by molar-refractivity contribution is 5.88. The Hall–Kier alpha value is -6.20. The fraction of sp³-hybridized carbons (Fsp3) is 0.0698. The minimum Gasteiger partial charge on any atom is -0.355 e. The molecule has 0 bridgehead atoms. The third-order valence-electron chi connectivity index (χ3n) is 9.22. The summed E-state index contributed by atoms with van der Waals surface area (Å²) in [6, 6.07) is 49.9. The Morgan fingerprint density at radius 3 is 1.62 bits per heavy atom. The van der Waals surface area contributed by atoms with Crippen molar-refractivity contribution in [1.29, 1.82) is 5.41 Å². The van der Waals surface area contributed by atoms with E-state index in [9.17, 15) is 0 Å². The molecule has 1 heterocycles. The maximum Gasteiger partial charge on any atom is 0.164 e. The van der Waals surface area contributed by atoms with E-state index in [0.29, 0.717) is 17.5 Å². The Labute approximate surface area is 280 Å². The van der Waals surface area contributed by atoms with Crippen molar-refractivity contribution in [2.45, 2.75) is 19.3 Å². The lowest BCUT2D eigenvalue weighted by Crippen LogP contribution is -2.15. The van der Waals surface area contributed by atoms with Crippen LogP contribution in [0.1, 0.15) is 30.5 Å². The standard InChI is InChI=1S/C43H33N5/c1-43(2)37-25-31(30-17-11-18-34(24-30)45-39-19-10-9-16-33(39)27-44)20-22-35(37)36-23-21-32(26-38(36)43)42-47-40(28-12-5-3-6-13-28)46-41(48-42)29-14-7-4-8-15-29/h3-27,44-45H,1-2H3. The molecule has 0 saturated heterocycles. The average Bonchev–Trinajstić information content (AvgIpc) is 3.37. The highest BCUT2D eigenvalue weighted by Crippen LogP contribution is 2.50. The number of anilines is 2. The summed E-state index contributed by atoms with van der Waals surface area (Å²) in [5.41, 5.74) is 12.7. The van der Waals surface area contributed by atoms with Crippen molar-refractivity contribution in [3.63, 3.8) is 0 Å². The molecule has 0 spiro atoms. The second-order valence-electron chi connectivity index (χ2n) is 12.6. The number of aromatic nitrogens is 3. The predicted octanol–water partition coefficient (Wildman–Crippen LogP) is 10.6. The minimum atomic E-state index is -0.229. The van der Waals surface area contributed by atoms with Crippen molar-refractivity contribution < 1.29 is 0 Å². The fourth-order valence-corrected chi connectivity index (χ4v) is 6.66. The van der Waals surface area contributed by atoms with E-state index in [-0.39, 0.29) is 5.41 Å². The van der Waals surface area contributed by atoms with Crippen LogP contribution in [-0.4, -0.2) is 21.2 Å². The van der Waals surface area contributed by atoms with Gasteiger partial charge in [-0.25, -0.2) is 15.0 Å². The number of nitrogens with zero attached hydrogens (tertiary/aromatic N) is 3. The summed E-state index contributed by atoms with van der Waals surface area (Å²) < 4.78 is 0. The predicted molar refractivity (Wildman–Crippen MR) is 197 cm³/mol. The Morgan fingerprint density at radius 1 is 0.500 bits per heavy atom. The SMILES string of the molecule is CC1(C)c2cc(-c3cccc(Nc4ccccc4C=N)c3)ccc2-c2ccc(-c3nc(-c4ccccc4)nc(-c4ccccc4)n3)cc21. The van der Waals surface area contributed by atoms with Gasteiger partial charge in [-0.1, -0.05) is 129 Å². The highest BCUT2D eigenvalue weighted by atomic mass is 15.0. The zero-order chi connectivity index (χ0) is 32.7. The Bertz CT molecular complexity index is 2250. The zero-order valence-electron chi connectivity index (χ0n) is 26.8. The van der Waals surface area contributed by atoms with Gasteiger partial charge in [0.2, 0.25) is 0 Å². The van der Waals surface area contributed by atoms with Crippen LogP contribution in [0.25, 0.3) is 56.4 Å². The molecule has 6 aromatic carbocycles. The summed E-state index contributed by atoms with van der Waals surface area (Å²) in [4.78, 5) is 14.8. The quantitative estimate of drug-likeness (QED) is 0.174. The van der Waals surface area contributed by atoms with Gasteiger partial charge in [-0.2, -0.15) is 0 Å². The molecule has 1 aliphatic carbocycles. The van der Waals surface area contributed by atoms with Gasteiger partial charge < -0.3 is 10.7 Å². The molecule has 7 aromatic rings. The van der Waals surface area contributed by atoms with E-state index in [1.54, 1.807) is 0 Å². The van der Waals surface area contributed by atoms with Crippen LogP contribution in [0.5, 0.6) is 0 Å². The van der Waals surface area contributed by atoms with Crippen molar-refractivity contribution in [1.82, 2.24) is 15.0 Å². The lowest BCUT2D eigenvalue weighted by atomic mass is 9.81. The molecule has 1 aromatic heterocycles. The van der Waals surface area contributed by atoms with E-state index in [1.165, 1.54) is 28.5 Å². The Kier molecular flexibility index (Phi) is 7.22. The molecule has 48 heavy (non-hydrogen) atoms. The first-order valence-corrected chi connectivity index (χ1v) is 16.1. The number of para-hydroxylation sites is 1. The number of benzene rings is 6. The molecular formula is C43H33N5. The first-order chi connectivity index (χ1) is 23.5. The van der Waals surface area contributed by atoms with Crippen molar-refractivity contribution in [2.24, 2.45) is 0 Å². The van der Waals surface area contributed by atoms with E-state index in [1.807, 2.05) is 84.9 Å². The van der Waals surface area contributed by atoms with Gasteiger partial charge in [0.05, 0.1) is 0 Å². The molecule has 0 radical (unpaired) electrons. The molecule has 0 fully saturated rings. The average molecular weight is 620 g/mol. The van der Waals surface area contributed by atoms with Gasteiger partial charge in [0.15, 0.2) is 17.5 Å². The van der Waals surface area contributed by atoms with E-state index < -0.39 is 0 Å². The third kappa shape index (κ3) is 5.25. The van der Waals surface area contributed by atoms with E-state index >= 15 is 0 Å². The number of hydrogen-bond acceptors (Lipinski definition) is 5. The second kappa shape index (κ2) is 11.9. The molecule has 0 amide bonds.